The summed E-state index contributed by atoms with van der Waals surface area (Å²) in [6.07, 6.45) is 2.01. The lowest BCUT2D eigenvalue weighted by molar-refractivity contribution is 1.08. The number of hydrogen-bond donors (Lipinski definition) is 0. The van der Waals surface area contributed by atoms with Crippen molar-refractivity contribution in [1.82, 2.24) is 19.9 Å². The standard InChI is InChI=1S/C88H50N4/c1-3-14-54-40-58(28-24-51(54)12-1)56-18-11-19-57(41-56)68-46-67-44-63(33-39-81(67)89-50-68)71-35-36-76-78-47-60(32-34-74(78)80-49-61-16-5-7-20-69(61)82(71)85(76)80)59-29-25-53-27-31-65(45-66(53)43-59)87-90-86(64-30-26-52-13-2-4-15-55(52)42-64)91-88(92-87)77-38-37-75-72-22-9-10-23-73(72)79-48-62-17-6-8-21-70(62)83(77)84(75)79/h1-50H. The Morgan fingerprint density at radius 3 is 1.26 bits per heavy atom. The number of fused-ring (bicyclic) bond motifs is 14. The first-order valence-corrected chi connectivity index (χ1v) is 31.6. The number of hydrogen-bond acceptors (Lipinski definition) is 4. The fraction of sp³-hybridized carbons (Fsp3) is 0. The molecule has 0 bridgehead atoms. The molecular weight excluding hydrogens is 1110 g/mol. The van der Waals surface area contributed by atoms with Gasteiger partial charge in [0.05, 0.1) is 5.52 Å². The van der Waals surface area contributed by atoms with Crippen molar-refractivity contribution in [3.63, 3.8) is 0 Å². The first-order valence-electron chi connectivity index (χ1n) is 31.6. The summed E-state index contributed by atoms with van der Waals surface area (Å²) in [5, 5.41) is 18.0. The third-order valence-electron chi connectivity index (χ3n) is 19.7. The van der Waals surface area contributed by atoms with Crippen LogP contribution in [0, 0.1) is 0 Å². The first kappa shape index (κ1) is 50.7. The quantitative estimate of drug-likeness (QED) is 0.149. The molecule has 18 aromatic rings. The molecule has 2 aromatic heterocycles. The minimum atomic E-state index is 0.625. The zero-order chi connectivity index (χ0) is 60.1. The minimum Gasteiger partial charge on any atom is -0.256 e. The molecule has 2 aliphatic carbocycles. The molecule has 422 valence electrons. The predicted molar refractivity (Wildman–Crippen MR) is 385 cm³/mol. The summed E-state index contributed by atoms with van der Waals surface area (Å²) < 4.78 is 0. The van der Waals surface area contributed by atoms with Crippen molar-refractivity contribution in [1.29, 1.82) is 0 Å². The summed E-state index contributed by atoms with van der Waals surface area (Å²) >= 11 is 0. The number of benzene rings is 16. The number of aromatic nitrogens is 4. The summed E-state index contributed by atoms with van der Waals surface area (Å²) in [5.41, 5.74) is 23.1. The Balaban J connectivity index is 0.686. The largest absolute Gasteiger partial charge is 0.256 e. The van der Waals surface area contributed by atoms with E-state index in [0.29, 0.717) is 17.5 Å². The number of nitrogens with zero attached hydrogens (tertiary/aromatic N) is 4. The van der Waals surface area contributed by atoms with Crippen LogP contribution in [0.1, 0.15) is 0 Å². The average molecular weight is 1160 g/mol. The lowest BCUT2D eigenvalue weighted by atomic mass is 9.89. The maximum absolute atomic E-state index is 5.48. The Hall–Kier alpha value is -12.2. The van der Waals surface area contributed by atoms with Crippen molar-refractivity contribution >= 4 is 86.3 Å². The van der Waals surface area contributed by atoms with Gasteiger partial charge < -0.3 is 0 Å². The molecule has 0 fully saturated rings. The Morgan fingerprint density at radius 2 is 0.587 bits per heavy atom. The van der Waals surface area contributed by atoms with E-state index in [0.717, 1.165) is 71.4 Å². The van der Waals surface area contributed by atoms with Gasteiger partial charge in [0.1, 0.15) is 0 Å². The van der Waals surface area contributed by atoms with E-state index >= 15 is 0 Å². The summed E-state index contributed by atoms with van der Waals surface area (Å²) in [7, 11) is 0. The van der Waals surface area contributed by atoms with E-state index in [-0.39, 0.29) is 0 Å². The van der Waals surface area contributed by atoms with Crippen LogP contribution < -0.4 is 0 Å². The first-order chi connectivity index (χ1) is 45.5. The summed E-state index contributed by atoms with van der Waals surface area (Å²) in [6.45, 7) is 0. The van der Waals surface area contributed by atoms with Crippen molar-refractivity contribution in [3.8, 4) is 123 Å². The molecule has 92 heavy (non-hydrogen) atoms. The van der Waals surface area contributed by atoms with Crippen molar-refractivity contribution in [2.75, 3.05) is 0 Å². The maximum Gasteiger partial charge on any atom is 0.164 e. The van der Waals surface area contributed by atoms with Crippen LogP contribution in [-0.4, -0.2) is 19.9 Å². The average Bonchev–Trinajstić information content (AvgIpc) is 1.58. The molecule has 2 heterocycles. The van der Waals surface area contributed by atoms with Crippen molar-refractivity contribution in [2.45, 2.75) is 0 Å². The van der Waals surface area contributed by atoms with E-state index in [1.807, 2.05) is 6.20 Å². The second-order valence-corrected chi connectivity index (χ2v) is 24.8. The molecule has 0 saturated heterocycles. The second-order valence-electron chi connectivity index (χ2n) is 24.8. The predicted octanol–water partition coefficient (Wildman–Crippen LogP) is 23.5. The van der Waals surface area contributed by atoms with Gasteiger partial charge in [-0.2, -0.15) is 0 Å². The minimum absolute atomic E-state index is 0.625. The van der Waals surface area contributed by atoms with Crippen LogP contribution in [0.2, 0.25) is 0 Å². The van der Waals surface area contributed by atoms with Gasteiger partial charge in [0.25, 0.3) is 0 Å². The van der Waals surface area contributed by atoms with Crippen LogP contribution in [0.4, 0.5) is 0 Å². The van der Waals surface area contributed by atoms with E-state index in [2.05, 4.69) is 297 Å². The molecule has 0 N–H and O–H groups in total. The van der Waals surface area contributed by atoms with E-state index in [1.54, 1.807) is 0 Å². The number of pyridine rings is 1. The van der Waals surface area contributed by atoms with E-state index in [4.69, 9.17) is 19.9 Å². The highest BCUT2D eigenvalue weighted by Gasteiger charge is 2.28. The van der Waals surface area contributed by atoms with Crippen molar-refractivity contribution in [3.05, 3.63) is 303 Å². The second kappa shape index (κ2) is 19.6. The summed E-state index contributed by atoms with van der Waals surface area (Å²) in [6, 6.07) is 109. The van der Waals surface area contributed by atoms with Gasteiger partial charge in [0.15, 0.2) is 17.5 Å². The maximum atomic E-state index is 5.48. The fourth-order valence-electron chi connectivity index (χ4n) is 15.3. The molecule has 4 nitrogen and oxygen atoms in total. The van der Waals surface area contributed by atoms with Gasteiger partial charge in [-0.05, 0) is 226 Å². The molecule has 20 rings (SSSR count). The lowest BCUT2D eigenvalue weighted by Gasteiger charge is -2.14. The molecule has 0 spiro atoms. The van der Waals surface area contributed by atoms with Crippen LogP contribution in [-0.2, 0) is 0 Å². The molecule has 0 radical (unpaired) electrons. The van der Waals surface area contributed by atoms with E-state index < -0.39 is 0 Å². The Kier molecular flexibility index (Phi) is 10.8. The number of rotatable bonds is 7. The summed E-state index contributed by atoms with van der Waals surface area (Å²) in [4.78, 5) is 21.3. The highest BCUT2D eigenvalue weighted by Crippen LogP contribution is 2.54. The highest BCUT2D eigenvalue weighted by atomic mass is 15.0. The van der Waals surface area contributed by atoms with Gasteiger partial charge in [0, 0.05) is 39.2 Å². The fourth-order valence-corrected chi connectivity index (χ4v) is 15.3. The third-order valence-corrected chi connectivity index (χ3v) is 19.7. The molecule has 0 aliphatic heterocycles. The normalized spacial score (nSPS) is 12.1. The zero-order valence-corrected chi connectivity index (χ0v) is 49.7. The Bertz CT molecular complexity index is 6270. The van der Waals surface area contributed by atoms with Gasteiger partial charge in [-0.1, -0.05) is 224 Å². The van der Waals surface area contributed by atoms with Crippen LogP contribution in [0.25, 0.3) is 209 Å². The molecule has 0 atom stereocenters. The van der Waals surface area contributed by atoms with E-state index in [9.17, 15) is 0 Å². The van der Waals surface area contributed by atoms with Gasteiger partial charge >= 0.3 is 0 Å². The molecular formula is C88H50N4. The van der Waals surface area contributed by atoms with Crippen molar-refractivity contribution in [2.24, 2.45) is 0 Å². The Morgan fingerprint density at radius 1 is 0.174 bits per heavy atom. The molecule has 0 amide bonds. The molecule has 0 saturated carbocycles. The SMILES string of the molecule is c1cc(-c2ccc3ccccc3c2)cc(-c2cnc3ccc(-c4ccc5c6c(cc7ccccc7c46)-c4ccc(-c6ccc7ccc(-c8nc(-c9ccc%10ccccc%10c9)nc(-c9ccc%10c%11c(cc%12ccccc%12c9%11)-c9ccccc9-%10)n8)cc7c6)cc4-5)cc3c2)c1. The molecule has 0 unspecified atom stereocenters. The van der Waals surface area contributed by atoms with Gasteiger partial charge in [-0.25, -0.2) is 15.0 Å². The van der Waals surface area contributed by atoms with Gasteiger partial charge in [-0.3, -0.25) is 4.98 Å². The van der Waals surface area contributed by atoms with Crippen LogP contribution in [0.5, 0.6) is 0 Å². The summed E-state index contributed by atoms with van der Waals surface area (Å²) in [5.74, 6) is 1.90. The molecule has 2 aliphatic rings. The third kappa shape index (κ3) is 7.84. The lowest BCUT2D eigenvalue weighted by Crippen LogP contribution is -2.01. The molecule has 16 aromatic carbocycles. The topological polar surface area (TPSA) is 51.6 Å². The Labute approximate surface area is 529 Å². The van der Waals surface area contributed by atoms with Crippen LogP contribution >= 0.6 is 0 Å². The van der Waals surface area contributed by atoms with E-state index in [1.165, 1.54) is 121 Å². The zero-order valence-electron chi connectivity index (χ0n) is 49.7. The monoisotopic (exact) mass is 1160 g/mol. The van der Waals surface area contributed by atoms with Crippen LogP contribution in [0.3, 0.4) is 0 Å². The highest BCUT2D eigenvalue weighted by molar-refractivity contribution is 6.29. The van der Waals surface area contributed by atoms with Crippen LogP contribution in [0.15, 0.2) is 303 Å². The van der Waals surface area contributed by atoms with Crippen molar-refractivity contribution < 1.29 is 0 Å². The van der Waals surface area contributed by atoms with Gasteiger partial charge in [0.2, 0.25) is 0 Å². The smallest absolute Gasteiger partial charge is 0.164 e. The molecule has 4 heteroatoms. The van der Waals surface area contributed by atoms with Gasteiger partial charge in [-0.15, -0.1) is 0 Å².